The van der Waals surface area contributed by atoms with Crippen molar-refractivity contribution in [2.24, 2.45) is 0 Å². The number of carbonyl (C=O) groups excluding carboxylic acids is 1. The molecule has 5 nitrogen and oxygen atoms in total. The number of Topliss-reactive ketones (excluding diaryl/α,β-unsaturated/α-hetero) is 1. The summed E-state index contributed by atoms with van der Waals surface area (Å²) in [4.78, 5) is 23.5. The molecule has 1 atom stereocenters. The second-order valence-electron chi connectivity index (χ2n) is 6.52. The lowest BCUT2D eigenvalue weighted by Crippen LogP contribution is -2.21. The molecule has 0 saturated carbocycles. The van der Waals surface area contributed by atoms with Crippen molar-refractivity contribution in [2.45, 2.75) is 33.1 Å². The van der Waals surface area contributed by atoms with E-state index in [9.17, 15) is 4.79 Å². The van der Waals surface area contributed by atoms with Gasteiger partial charge in [0.15, 0.2) is 0 Å². The van der Waals surface area contributed by atoms with Crippen molar-refractivity contribution < 1.29 is 4.79 Å². The van der Waals surface area contributed by atoms with Crippen LogP contribution in [0.3, 0.4) is 0 Å². The molecule has 0 bridgehead atoms. The summed E-state index contributed by atoms with van der Waals surface area (Å²) in [7, 11) is 0. The number of aryl methyl sites for hydroxylation is 2. The maximum absolute atomic E-state index is 12.8. The van der Waals surface area contributed by atoms with Crippen LogP contribution in [0.4, 0.5) is 11.5 Å². The lowest BCUT2D eigenvalue weighted by Gasteiger charge is -2.14. The molecule has 0 radical (unpaired) electrons. The second kappa shape index (κ2) is 8.63. The quantitative estimate of drug-likeness (QED) is 0.371. The number of hydrogen-bond donors (Lipinski definition) is 2. The van der Waals surface area contributed by atoms with E-state index >= 15 is 0 Å². The number of pyridine rings is 2. The Balaban J connectivity index is 1.79. The molecule has 0 aromatic carbocycles. The molecule has 28 heavy (non-hydrogen) atoms. The van der Waals surface area contributed by atoms with Crippen LogP contribution in [0.5, 0.6) is 0 Å². The van der Waals surface area contributed by atoms with E-state index in [4.69, 9.17) is 17.0 Å². The van der Waals surface area contributed by atoms with Gasteiger partial charge >= 0.3 is 0 Å². The second-order valence-corrected chi connectivity index (χ2v) is 8.25. The van der Waals surface area contributed by atoms with Crippen molar-refractivity contribution in [1.82, 2.24) is 9.97 Å². The van der Waals surface area contributed by atoms with Gasteiger partial charge in [0.2, 0.25) is 5.78 Å². The van der Waals surface area contributed by atoms with Gasteiger partial charge in [-0.25, -0.2) is 4.98 Å². The van der Waals surface area contributed by atoms with E-state index in [1.165, 1.54) is 11.1 Å². The van der Waals surface area contributed by atoms with E-state index in [0.717, 1.165) is 16.3 Å². The van der Waals surface area contributed by atoms with Crippen LogP contribution < -0.4 is 5.32 Å². The summed E-state index contributed by atoms with van der Waals surface area (Å²) in [5.41, 5.74) is 2.04. The molecular formula is C21H21ClN4OS. The Kier molecular flexibility index (Phi) is 6.21. The van der Waals surface area contributed by atoms with Gasteiger partial charge in [-0.05, 0) is 50.6 Å². The van der Waals surface area contributed by atoms with Gasteiger partial charge in [0.05, 0.1) is 22.6 Å². The summed E-state index contributed by atoms with van der Waals surface area (Å²) in [6.07, 6.45) is 3.84. The first-order chi connectivity index (χ1) is 13.4. The van der Waals surface area contributed by atoms with Crippen molar-refractivity contribution in [1.29, 1.82) is 5.41 Å². The van der Waals surface area contributed by atoms with Crippen molar-refractivity contribution in [3.63, 3.8) is 0 Å². The Hall–Kier alpha value is -2.57. The third-order valence-corrected chi connectivity index (χ3v) is 5.79. The van der Waals surface area contributed by atoms with Crippen LogP contribution in [0.1, 0.15) is 45.1 Å². The first-order valence-electron chi connectivity index (χ1n) is 8.93. The molecule has 2 N–H and O–H groups in total. The fourth-order valence-corrected chi connectivity index (χ4v) is 4.12. The predicted molar refractivity (Wildman–Crippen MR) is 116 cm³/mol. The van der Waals surface area contributed by atoms with E-state index in [0.29, 0.717) is 22.8 Å². The number of anilines is 2. The number of ketones is 1. The van der Waals surface area contributed by atoms with Crippen molar-refractivity contribution >= 4 is 45.9 Å². The van der Waals surface area contributed by atoms with Gasteiger partial charge in [0.1, 0.15) is 5.82 Å². The average molecular weight is 413 g/mol. The minimum absolute atomic E-state index is 0.0608. The molecule has 1 unspecified atom stereocenters. The third-order valence-electron chi connectivity index (χ3n) is 4.38. The van der Waals surface area contributed by atoms with Gasteiger partial charge in [-0.1, -0.05) is 18.5 Å². The van der Waals surface area contributed by atoms with E-state index in [1.807, 2.05) is 45.0 Å². The van der Waals surface area contributed by atoms with Gasteiger partial charge in [-0.2, -0.15) is 0 Å². The van der Waals surface area contributed by atoms with Crippen LogP contribution in [0.25, 0.3) is 0 Å². The van der Waals surface area contributed by atoms with Crippen molar-refractivity contribution in [2.75, 3.05) is 5.32 Å². The van der Waals surface area contributed by atoms with E-state index < -0.39 is 0 Å². The highest BCUT2D eigenvalue weighted by molar-refractivity contribution is 7.12. The molecule has 3 aromatic rings. The number of aromatic nitrogens is 2. The van der Waals surface area contributed by atoms with Gasteiger partial charge in [-0.15, -0.1) is 11.3 Å². The Morgan fingerprint density at radius 3 is 2.57 bits per heavy atom. The Labute approximate surface area is 173 Å². The molecule has 3 heterocycles. The SMILES string of the molecule is CCC(C(=N)C(=O)c1cnc(Nc2ccc(C)nc2)c(Cl)c1)c1ccc(C)s1. The highest BCUT2D eigenvalue weighted by Crippen LogP contribution is 2.30. The summed E-state index contributed by atoms with van der Waals surface area (Å²) in [5.74, 6) is -0.131. The summed E-state index contributed by atoms with van der Waals surface area (Å²) in [5, 5.41) is 11.8. The van der Waals surface area contributed by atoms with Crippen LogP contribution in [-0.4, -0.2) is 21.5 Å². The number of hydrogen-bond acceptors (Lipinski definition) is 6. The Morgan fingerprint density at radius 2 is 2.00 bits per heavy atom. The number of carbonyl (C=O) groups is 1. The Bertz CT molecular complexity index is 1010. The molecule has 0 aliphatic rings. The molecule has 3 aromatic heterocycles. The van der Waals surface area contributed by atoms with Gasteiger partial charge in [-0.3, -0.25) is 9.78 Å². The summed E-state index contributed by atoms with van der Waals surface area (Å²) < 4.78 is 0. The Morgan fingerprint density at radius 1 is 1.21 bits per heavy atom. The molecule has 0 spiro atoms. The van der Waals surface area contributed by atoms with Crippen molar-refractivity contribution in [3.8, 4) is 0 Å². The average Bonchev–Trinajstić information content (AvgIpc) is 3.11. The number of nitrogens with one attached hydrogen (secondary N) is 2. The number of halogens is 1. The molecule has 0 fully saturated rings. The predicted octanol–water partition coefficient (Wildman–Crippen LogP) is 5.95. The fraction of sp³-hybridized carbons (Fsp3) is 0.238. The van der Waals surface area contributed by atoms with Crippen LogP contribution in [-0.2, 0) is 0 Å². The lowest BCUT2D eigenvalue weighted by molar-refractivity contribution is 0.106. The van der Waals surface area contributed by atoms with Crippen LogP contribution in [0, 0.1) is 19.3 Å². The van der Waals surface area contributed by atoms with E-state index in [1.54, 1.807) is 23.6 Å². The topological polar surface area (TPSA) is 78.7 Å². The van der Waals surface area contributed by atoms with E-state index in [2.05, 4.69) is 15.3 Å². The summed E-state index contributed by atoms with van der Waals surface area (Å²) in [6, 6.07) is 9.32. The molecule has 0 amide bonds. The van der Waals surface area contributed by atoms with Gasteiger partial charge in [0.25, 0.3) is 0 Å². The fourth-order valence-electron chi connectivity index (χ4n) is 2.83. The maximum Gasteiger partial charge on any atom is 0.208 e. The zero-order valence-electron chi connectivity index (χ0n) is 15.9. The summed E-state index contributed by atoms with van der Waals surface area (Å²) in [6.45, 7) is 5.91. The number of thiophene rings is 1. The molecule has 3 rings (SSSR count). The van der Waals surface area contributed by atoms with Crippen LogP contribution in [0.15, 0.2) is 42.7 Å². The van der Waals surface area contributed by atoms with E-state index in [-0.39, 0.29) is 17.4 Å². The molecule has 144 valence electrons. The molecule has 0 saturated heterocycles. The van der Waals surface area contributed by atoms with Crippen LogP contribution in [0.2, 0.25) is 5.02 Å². The zero-order chi connectivity index (χ0) is 20.3. The third kappa shape index (κ3) is 4.46. The van der Waals surface area contributed by atoms with Gasteiger partial charge in [0, 0.05) is 33.1 Å². The van der Waals surface area contributed by atoms with Crippen LogP contribution >= 0.6 is 22.9 Å². The zero-order valence-corrected chi connectivity index (χ0v) is 17.5. The van der Waals surface area contributed by atoms with Crippen molar-refractivity contribution in [3.05, 3.63) is 68.8 Å². The summed E-state index contributed by atoms with van der Waals surface area (Å²) >= 11 is 7.95. The standard InChI is InChI=1S/C21H21ClN4OS/c1-4-16(18-8-6-13(3)28-18)19(23)20(27)14-9-17(22)21(25-10-14)26-15-7-5-12(2)24-11-15/h5-11,16,23H,4H2,1-3H3,(H,25,26). The first-order valence-corrected chi connectivity index (χ1v) is 10.1. The smallest absolute Gasteiger partial charge is 0.208 e. The molecular weight excluding hydrogens is 392 g/mol. The minimum Gasteiger partial charge on any atom is -0.338 e. The maximum atomic E-state index is 12.8. The number of rotatable bonds is 7. The monoisotopic (exact) mass is 412 g/mol. The normalized spacial score (nSPS) is 11.9. The minimum atomic E-state index is -0.351. The molecule has 0 aliphatic carbocycles. The number of nitrogens with zero attached hydrogens (tertiary/aromatic N) is 2. The molecule has 7 heteroatoms. The highest BCUT2D eigenvalue weighted by atomic mass is 35.5. The molecule has 0 aliphatic heterocycles. The largest absolute Gasteiger partial charge is 0.338 e. The highest BCUT2D eigenvalue weighted by Gasteiger charge is 2.24. The van der Waals surface area contributed by atoms with Gasteiger partial charge < -0.3 is 10.7 Å². The first kappa shape index (κ1) is 20.2. The lowest BCUT2D eigenvalue weighted by atomic mass is 9.93.